The van der Waals surface area contributed by atoms with Gasteiger partial charge in [-0.05, 0) is 6.07 Å². The van der Waals surface area contributed by atoms with Crippen molar-refractivity contribution in [2.24, 2.45) is 0 Å². The van der Waals surface area contributed by atoms with Gasteiger partial charge in [0.25, 0.3) is 6.43 Å². The first kappa shape index (κ1) is 12.6. The van der Waals surface area contributed by atoms with Crippen LogP contribution in [0.1, 0.15) is 23.4 Å². The molecule has 0 spiro atoms. The van der Waals surface area contributed by atoms with Crippen molar-refractivity contribution in [1.29, 1.82) is 0 Å². The van der Waals surface area contributed by atoms with Gasteiger partial charge in [-0.1, -0.05) is 0 Å². The summed E-state index contributed by atoms with van der Waals surface area (Å²) < 4.78 is 61.3. The predicted octanol–water partition coefficient (Wildman–Crippen LogP) is 2.24. The lowest BCUT2D eigenvalue weighted by Gasteiger charge is -2.13. The van der Waals surface area contributed by atoms with Crippen LogP contribution in [0.2, 0.25) is 0 Å². The zero-order valence-electron chi connectivity index (χ0n) is 7.59. The normalized spacial score (nSPS) is 12.2. The van der Waals surface area contributed by atoms with Crippen LogP contribution in [0.3, 0.4) is 0 Å². The summed E-state index contributed by atoms with van der Waals surface area (Å²) in [5, 5.41) is 17.5. The van der Waals surface area contributed by atoms with Gasteiger partial charge in [0.2, 0.25) is 0 Å². The van der Waals surface area contributed by atoms with Gasteiger partial charge in [-0.15, -0.1) is 0 Å². The van der Waals surface area contributed by atoms with Gasteiger partial charge in [-0.3, -0.25) is 0 Å². The van der Waals surface area contributed by atoms with Crippen LogP contribution in [0.25, 0.3) is 0 Å². The lowest BCUT2D eigenvalue weighted by Crippen LogP contribution is -2.12. The van der Waals surface area contributed by atoms with E-state index in [4.69, 9.17) is 10.2 Å². The van der Waals surface area contributed by atoms with Crippen molar-refractivity contribution in [2.45, 2.75) is 19.2 Å². The van der Waals surface area contributed by atoms with Gasteiger partial charge < -0.3 is 10.2 Å². The van der Waals surface area contributed by atoms with Gasteiger partial charge in [0.05, 0.1) is 17.9 Å². The van der Waals surface area contributed by atoms with Gasteiger partial charge in [-0.25, -0.2) is 13.8 Å². The predicted molar refractivity (Wildman–Crippen MR) is 41.8 cm³/mol. The minimum Gasteiger partial charge on any atom is -0.506 e. The van der Waals surface area contributed by atoms with E-state index in [9.17, 15) is 22.0 Å². The topological polar surface area (TPSA) is 53.4 Å². The smallest absolute Gasteiger partial charge is 0.418 e. The van der Waals surface area contributed by atoms with Crippen LogP contribution in [0.4, 0.5) is 22.0 Å². The molecule has 16 heavy (non-hydrogen) atoms. The Balaban J connectivity index is 3.38. The number of aliphatic hydroxyl groups is 1. The molecule has 90 valence electrons. The number of halogens is 5. The summed E-state index contributed by atoms with van der Waals surface area (Å²) in [5.74, 6) is -1.25. The molecule has 1 heterocycles. The van der Waals surface area contributed by atoms with Crippen molar-refractivity contribution < 1.29 is 32.2 Å². The molecular formula is C8H6F5NO2. The largest absolute Gasteiger partial charge is 0.506 e. The molecule has 0 amide bonds. The number of hydrogen-bond donors (Lipinski definition) is 2. The lowest BCUT2D eigenvalue weighted by atomic mass is 10.1. The first-order valence-corrected chi connectivity index (χ1v) is 3.96. The van der Waals surface area contributed by atoms with E-state index in [2.05, 4.69) is 4.98 Å². The Morgan fingerprint density at radius 3 is 2.25 bits per heavy atom. The molecular weight excluding hydrogens is 237 g/mol. The Labute approximate surface area is 86.2 Å². The number of pyridine rings is 1. The summed E-state index contributed by atoms with van der Waals surface area (Å²) in [7, 11) is 0. The second kappa shape index (κ2) is 4.20. The fraction of sp³-hybridized carbons (Fsp3) is 0.375. The molecule has 1 rings (SSSR count). The highest BCUT2D eigenvalue weighted by Gasteiger charge is 2.35. The van der Waals surface area contributed by atoms with E-state index in [-0.39, 0.29) is 6.07 Å². The van der Waals surface area contributed by atoms with Crippen LogP contribution in [0, 0.1) is 0 Å². The number of alkyl halides is 5. The van der Waals surface area contributed by atoms with Crippen LogP contribution >= 0.6 is 0 Å². The molecule has 1 aromatic heterocycles. The molecule has 0 aliphatic heterocycles. The Kier molecular flexibility index (Phi) is 3.32. The summed E-state index contributed by atoms with van der Waals surface area (Å²) in [6, 6.07) is 0.125. The Morgan fingerprint density at radius 1 is 1.31 bits per heavy atom. The van der Waals surface area contributed by atoms with E-state index in [1.54, 1.807) is 0 Å². The number of aromatic hydroxyl groups is 1. The van der Waals surface area contributed by atoms with E-state index in [0.717, 1.165) is 0 Å². The van der Waals surface area contributed by atoms with Crippen LogP contribution in [0.5, 0.6) is 5.75 Å². The number of rotatable bonds is 2. The highest BCUT2D eigenvalue weighted by molar-refractivity contribution is 5.36. The highest BCUT2D eigenvalue weighted by atomic mass is 19.4. The maximum atomic E-state index is 12.3. The minimum absolute atomic E-state index is 0.125. The molecule has 0 unspecified atom stereocenters. The van der Waals surface area contributed by atoms with Gasteiger partial charge in [0, 0.05) is 0 Å². The quantitative estimate of drug-likeness (QED) is 0.783. The Bertz CT molecular complexity index is 391. The zero-order valence-corrected chi connectivity index (χ0v) is 7.59. The summed E-state index contributed by atoms with van der Waals surface area (Å²) in [5.41, 5.74) is -3.56. The Morgan fingerprint density at radius 2 is 1.88 bits per heavy atom. The third-order valence-corrected chi connectivity index (χ3v) is 1.77. The van der Waals surface area contributed by atoms with Gasteiger partial charge in [0.1, 0.15) is 11.4 Å². The molecule has 0 aliphatic rings. The van der Waals surface area contributed by atoms with Gasteiger partial charge >= 0.3 is 6.18 Å². The van der Waals surface area contributed by atoms with Crippen molar-refractivity contribution in [1.82, 2.24) is 4.98 Å². The summed E-state index contributed by atoms with van der Waals surface area (Å²) in [6.45, 7) is -1.14. The molecule has 0 radical (unpaired) electrons. The standard InChI is InChI=1S/C8H6F5NO2/c9-7(10)6-5(16)1-3(8(11,12)13)4(2-15)14-6/h1,7,15-16H,2H2. The van der Waals surface area contributed by atoms with Crippen molar-refractivity contribution in [3.63, 3.8) is 0 Å². The second-order valence-electron chi connectivity index (χ2n) is 2.84. The molecule has 0 aromatic carbocycles. The number of hydrogen-bond acceptors (Lipinski definition) is 3. The van der Waals surface area contributed by atoms with Crippen LogP contribution in [0.15, 0.2) is 6.07 Å². The number of nitrogens with zero attached hydrogens (tertiary/aromatic N) is 1. The molecule has 8 heteroatoms. The fourth-order valence-corrected chi connectivity index (χ4v) is 1.08. The molecule has 1 aromatic rings. The molecule has 3 nitrogen and oxygen atoms in total. The molecule has 0 atom stereocenters. The van der Waals surface area contributed by atoms with Crippen molar-refractivity contribution >= 4 is 0 Å². The lowest BCUT2D eigenvalue weighted by molar-refractivity contribution is -0.139. The average molecular weight is 243 g/mol. The average Bonchev–Trinajstić information content (AvgIpc) is 2.15. The van der Waals surface area contributed by atoms with E-state index in [1.807, 2.05) is 0 Å². The zero-order chi connectivity index (χ0) is 12.5. The SMILES string of the molecule is OCc1nc(C(F)F)c(O)cc1C(F)(F)F. The molecule has 0 aliphatic carbocycles. The van der Waals surface area contributed by atoms with Crippen molar-refractivity contribution in [3.05, 3.63) is 23.0 Å². The molecule has 0 saturated carbocycles. The third kappa shape index (κ3) is 2.38. The van der Waals surface area contributed by atoms with Crippen LogP contribution in [-0.2, 0) is 12.8 Å². The van der Waals surface area contributed by atoms with Gasteiger partial charge in [-0.2, -0.15) is 13.2 Å². The van der Waals surface area contributed by atoms with Crippen LogP contribution in [-0.4, -0.2) is 15.2 Å². The molecule has 0 fully saturated rings. The minimum atomic E-state index is -4.87. The number of aromatic nitrogens is 1. The summed E-state index contributed by atoms with van der Waals surface area (Å²) in [6.07, 6.45) is -8.09. The summed E-state index contributed by atoms with van der Waals surface area (Å²) >= 11 is 0. The van der Waals surface area contributed by atoms with E-state index in [0.29, 0.717) is 0 Å². The first-order valence-electron chi connectivity index (χ1n) is 3.96. The third-order valence-electron chi connectivity index (χ3n) is 1.77. The van der Waals surface area contributed by atoms with E-state index in [1.165, 1.54) is 0 Å². The molecule has 0 saturated heterocycles. The highest BCUT2D eigenvalue weighted by Crippen LogP contribution is 2.36. The maximum absolute atomic E-state index is 12.3. The van der Waals surface area contributed by atoms with Crippen LogP contribution < -0.4 is 0 Å². The first-order chi connectivity index (χ1) is 7.27. The van der Waals surface area contributed by atoms with Crippen molar-refractivity contribution in [2.75, 3.05) is 0 Å². The maximum Gasteiger partial charge on any atom is 0.418 e. The second-order valence-corrected chi connectivity index (χ2v) is 2.84. The molecule has 0 bridgehead atoms. The molecule has 2 N–H and O–H groups in total. The Hall–Kier alpha value is -1.44. The van der Waals surface area contributed by atoms with E-state index >= 15 is 0 Å². The monoisotopic (exact) mass is 243 g/mol. The van der Waals surface area contributed by atoms with Gasteiger partial charge in [0.15, 0.2) is 0 Å². The number of aliphatic hydroxyl groups excluding tert-OH is 1. The van der Waals surface area contributed by atoms with Crippen molar-refractivity contribution in [3.8, 4) is 5.75 Å². The fourth-order valence-electron chi connectivity index (χ4n) is 1.08. The van der Waals surface area contributed by atoms with E-state index < -0.39 is 41.9 Å². The summed E-state index contributed by atoms with van der Waals surface area (Å²) in [4.78, 5) is 2.89.